The topological polar surface area (TPSA) is 73.1 Å². The Kier molecular flexibility index (Phi) is 4.10. The largest absolute Gasteiger partial charge is 0.416 e. The molecule has 0 atom stereocenters. The van der Waals surface area contributed by atoms with Crippen molar-refractivity contribution >= 4 is 9.84 Å². The van der Waals surface area contributed by atoms with Crippen LogP contribution in [0, 0.1) is 0 Å². The van der Waals surface area contributed by atoms with E-state index in [1.165, 1.54) is 0 Å². The van der Waals surface area contributed by atoms with Gasteiger partial charge in [0.15, 0.2) is 0 Å². The molecule has 1 aromatic heterocycles. The summed E-state index contributed by atoms with van der Waals surface area (Å²) < 4.78 is 30.9. The number of rotatable bonds is 4. The van der Waals surface area contributed by atoms with Gasteiger partial charge in [-0.2, -0.15) is 0 Å². The Morgan fingerprint density at radius 3 is 1.62 bits per heavy atom. The zero-order valence-corrected chi connectivity index (χ0v) is 14.4. The minimum atomic E-state index is -3.54. The predicted molar refractivity (Wildman–Crippen MR) is 97.1 cm³/mol. The molecule has 0 aliphatic carbocycles. The van der Waals surface area contributed by atoms with E-state index in [0.717, 1.165) is 5.56 Å². The van der Waals surface area contributed by atoms with Gasteiger partial charge in [0.2, 0.25) is 21.6 Å². The zero-order chi connectivity index (χ0) is 18.0. The van der Waals surface area contributed by atoms with Crippen molar-refractivity contribution in [1.29, 1.82) is 0 Å². The van der Waals surface area contributed by atoms with Gasteiger partial charge in [0.1, 0.15) is 0 Å². The fourth-order valence-corrected chi connectivity index (χ4v) is 3.83. The van der Waals surface area contributed by atoms with Crippen molar-refractivity contribution in [1.82, 2.24) is 10.2 Å². The van der Waals surface area contributed by atoms with E-state index in [1.807, 2.05) is 30.3 Å². The molecule has 6 heteroatoms. The molecule has 26 heavy (non-hydrogen) atoms. The maximum Gasteiger partial charge on any atom is 0.248 e. The summed E-state index contributed by atoms with van der Waals surface area (Å²) in [6.45, 7) is 0. The Balaban J connectivity index is 1.64. The number of aromatic nitrogens is 2. The quantitative estimate of drug-likeness (QED) is 0.543. The first-order chi connectivity index (χ1) is 12.6. The van der Waals surface area contributed by atoms with Gasteiger partial charge in [-0.25, -0.2) is 8.42 Å². The first-order valence-electron chi connectivity index (χ1n) is 7.94. The van der Waals surface area contributed by atoms with Crippen LogP contribution in [0.1, 0.15) is 0 Å². The molecule has 3 aromatic carbocycles. The normalized spacial score (nSPS) is 11.4. The number of sulfone groups is 1. The maximum atomic E-state index is 12.6. The Hall–Kier alpha value is -3.25. The second-order valence-electron chi connectivity index (χ2n) is 5.62. The lowest BCUT2D eigenvalue weighted by Crippen LogP contribution is -2.01. The third-order valence-electron chi connectivity index (χ3n) is 3.91. The molecule has 0 fully saturated rings. The third-order valence-corrected chi connectivity index (χ3v) is 5.70. The summed E-state index contributed by atoms with van der Waals surface area (Å²) in [5.41, 5.74) is 1.49. The summed E-state index contributed by atoms with van der Waals surface area (Å²) in [7, 11) is -3.54. The summed E-state index contributed by atoms with van der Waals surface area (Å²) in [4.78, 5) is 0.479. The summed E-state index contributed by atoms with van der Waals surface area (Å²) >= 11 is 0. The Bertz CT molecular complexity index is 1120. The number of nitrogens with zero attached hydrogens (tertiary/aromatic N) is 2. The highest BCUT2D eigenvalue weighted by atomic mass is 32.2. The second-order valence-corrected chi connectivity index (χ2v) is 7.57. The van der Waals surface area contributed by atoms with Crippen LogP contribution in [0.4, 0.5) is 0 Å². The molecule has 5 nitrogen and oxygen atoms in total. The molecular formula is C20H14N2O3S. The zero-order valence-electron chi connectivity index (χ0n) is 13.6. The first kappa shape index (κ1) is 16.2. The van der Waals surface area contributed by atoms with Gasteiger partial charge in [-0.15, -0.1) is 10.2 Å². The average Bonchev–Trinajstić information content (AvgIpc) is 3.20. The number of benzene rings is 3. The fourth-order valence-electron chi connectivity index (χ4n) is 2.55. The molecule has 4 aromatic rings. The van der Waals surface area contributed by atoms with Crippen molar-refractivity contribution in [2.24, 2.45) is 0 Å². The summed E-state index contributed by atoms with van der Waals surface area (Å²) in [5.74, 6) is 0.758. The van der Waals surface area contributed by atoms with Gasteiger partial charge in [-0.05, 0) is 48.5 Å². The van der Waals surface area contributed by atoms with Crippen LogP contribution in [-0.4, -0.2) is 18.6 Å². The molecule has 0 radical (unpaired) electrons. The fraction of sp³-hybridized carbons (Fsp3) is 0. The highest BCUT2D eigenvalue weighted by molar-refractivity contribution is 7.91. The smallest absolute Gasteiger partial charge is 0.248 e. The predicted octanol–water partition coefficient (Wildman–Crippen LogP) is 4.24. The van der Waals surface area contributed by atoms with Gasteiger partial charge in [0, 0.05) is 11.1 Å². The minimum absolute atomic E-state index is 0.218. The molecule has 4 rings (SSSR count). The monoisotopic (exact) mass is 362 g/mol. The molecule has 0 spiro atoms. The summed E-state index contributed by atoms with van der Waals surface area (Å²) in [5, 5.41) is 8.09. The molecule has 1 heterocycles. The van der Waals surface area contributed by atoms with Gasteiger partial charge in [-0.1, -0.05) is 36.4 Å². The van der Waals surface area contributed by atoms with Crippen LogP contribution in [-0.2, 0) is 9.84 Å². The molecule has 0 N–H and O–H groups in total. The van der Waals surface area contributed by atoms with Crippen molar-refractivity contribution in [3.8, 4) is 22.9 Å². The Morgan fingerprint density at radius 1 is 0.577 bits per heavy atom. The van der Waals surface area contributed by atoms with Crippen LogP contribution >= 0.6 is 0 Å². The number of hydrogen-bond acceptors (Lipinski definition) is 5. The van der Waals surface area contributed by atoms with E-state index in [-0.39, 0.29) is 9.79 Å². The average molecular weight is 362 g/mol. The van der Waals surface area contributed by atoms with Gasteiger partial charge in [-0.3, -0.25) is 0 Å². The lowest BCUT2D eigenvalue weighted by molar-refractivity contribution is 0.584. The lowest BCUT2D eigenvalue weighted by atomic mass is 10.2. The molecule has 0 saturated carbocycles. The lowest BCUT2D eigenvalue weighted by Gasteiger charge is -2.04. The van der Waals surface area contributed by atoms with E-state index < -0.39 is 9.84 Å². The minimum Gasteiger partial charge on any atom is -0.416 e. The van der Waals surface area contributed by atoms with E-state index >= 15 is 0 Å². The summed E-state index contributed by atoms with van der Waals surface area (Å²) in [6.07, 6.45) is 0. The van der Waals surface area contributed by atoms with E-state index in [9.17, 15) is 8.42 Å². The van der Waals surface area contributed by atoms with Crippen LogP contribution in [0.3, 0.4) is 0 Å². The molecule has 0 saturated heterocycles. The SMILES string of the molecule is O=S(=O)(c1ccccc1)c1ccc(-c2nnc(-c3ccccc3)o2)cc1. The standard InChI is InChI=1S/C20H14N2O3S/c23-26(24,17-9-5-2-6-10-17)18-13-11-16(12-14-18)20-22-21-19(25-20)15-7-3-1-4-8-15/h1-14H. The molecule has 0 amide bonds. The maximum absolute atomic E-state index is 12.6. The van der Waals surface area contributed by atoms with Crippen LogP contribution in [0.25, 0.3) is 22.9 Å². The third kappa shape index (κ3) is 3.02. The van der Waals surface area contributed by atoms with Gasteiger partial charge in [0.25, 0.3) is 0 Å². The van der Waals surface area contributed by atoms with Crippen LogP contribution in [0.15, 0.2) is 99.1 Å². The van der Waals surface area contributed by atoms with Crippen molar-refractivity contribution < 1.29 is 12.8 Å². The van der Waals surface area contributed by atoms with Crippen LogP contribution in [0.5, 0.6) is 0 Å². The summed E-state index contributed by atoms with van der Waals surface area (Å²) in [6, 6.07) is 24.2. The molecule has 0 aliphatic rings. The van der Waals surface area contributed by atoms with E-state index in [2.05, 4.69) is 10.2 Å². The van der Waals surface area contributed by atoms with E-state index in [0.29, 0.717) is 17.3 Å². The Labute approximate surface area is 150 Å². The van der Waals surface area contributed by atoms with Crippen molar-refractivity contribution in [2.45, 2.75) is 9.79 Å². The van der Waals surface area contributed by atoms with E-state index in [4.69, 9.17) is 4.42 Å². The van der Waals surface area contributed by atoms with Crippen molar-refractivity contribution in [3.05, 3.63) is 84.9 Å². The molecule has 0 bridgehead atoms. The van der Waals surface area contributed by atoms with Gasteiger partial charge in [0.05, 0.1) is 9.79 Å². The second kappa shape index (κ2) is 6.57. The van der Waals surface area contributed by atoms with Crippen molar-refractivity contribution in [3.63, 3.8) is 0 Å². The van der Waals surface area contributed by atoms with Crippen molar-refractivity contribution in [2.75, 3.05) is 0 Å². The van der Waals surface area contributed by atoms with Gasteiger partial charge < -0.3 is 4.42 Å². The molecule has 0 aliphatic heterocycles. The van der Waals surface area contributed by atoms with Crippen LogP contribution < -0.4 is 0 Å². The molecule has 0 unspecified atom stereocenters. The molecular weight excluding hydrogens is 348 g/mol. The first-order valence-corrected chi connectivity index (χ1v) is 9.42. The Morgan fingerprint density at radius 2 is 1.04 bits per heavy atom. The van der Waals surface area contributed by atoms with E-state index in [1.54, 1.807) is 54.6 Å². The molecule has 128 valence electrons. The number of hydrogen-bond donors (Lipinski definition) is 0. The van der Waals surface area contributed by atoms with Gasteiger partial charge >= 0.3 is 0 Å². The van der Waals surface area contributed by atoms with Crippen LogP contribution in [0.2, 0.25) is 0 Å². The highest BCUT2D eigenvalue weighted by Crippen LogP contribution is 2.26. The highest BCUT2D eigenvalue weighted by Gasteiger charge is 2.18.